The highest BCUT2D eigenvalue weighted by Crippen LogP contribution is 2.43. The molecule has 1 fully saturated rings. The summed E-state index contributed by atoms with van der Waals surface area (Å²) in [7, 11) is 0. The smallest absolute Gasteiger partial charge is 0.0380 e. The van der Waals surface area contributed by atoms with E-state index in [4.69, 9.17) is 17.3 Å². The number of nitrogens with zero attached hydrogens (tertiary/aromatic N) is 1. The standard InChI is InChI=1S/C11H15ClN2/c1-7-8(2-3-10(7)12)9-6-14-5-4-11(9)13/h4-8,10H,2-3H2,1H3,(H2,13,14). The lowest BCUT2D eigenvalue weighted by Gasteiger charge is -2.18. The van der Waals surface area contributed by atoms with Crippen LogP contribution in [0.15, 0.2) is 18.5 Å². The van der Waals surface area contributed by atoms with Crippen molar-refractivity contribution in [2.24, 2.45) is 5.92 Å². The summed E-state index contributed by atoms with van der Waals surface area (Å²) in [5, 5.41) is 0.291. The van der Waals surface area contributed by atoms with E-state index in [-0.39, 0.29) is 0 Å². The molecule has 0 spiro atoms. The van der Waals surface area contributed by atoms with Crippen molar-refractivity contribution in [1.29, 1.82) is 0 Å². The SMILES string of the molecule is CC1C(Cl)CCC1c1cnccc1N. The van der Waals surface area contributed by atoms with Crippen molar-refractivity contribution in [2.45, 2.75) is 31.1 Å². The van der Waals surface area contributed by atoms with Crippen molar-refractivity contribution in [3.8, 4) is 0 Å². The molecule has 3 unspecified atom stereocenters. The minimum absolute atomic E-state index is 0.291. The van der Waals surface area contributed by atoms with E-state index in [9.17, 15) is 0 Å². The molecule has 1 heterocycles. The van der Waals surface area contributed by atoms with Gasteiger partial charge < -0.3 is 5.73 Å². The lowest BCUT2D eigenvalue weighted by atomic mass is 9.90. The van der Waals surface area contributed by atoms with Crippen molar-refractivity contribution in [2.75, 3.05) is 5.73 Å². The summed E-state index contributed by atoms with van der Waals surface area (Å²) in [6.07, 6.45) is 5.83. The number of hydrogen-bond acceptors (Lipinski definition) is 2. The monoisotopic (exact) mass is 210 g/mol. The maximum absolute atomic E-state index is 6.20. The van der Waals surface area contributed by atoms with Crippen LogP contribution >= 0.6 is 11.6 Å². The minimum Gasteiger partial charge on any atom is -0.398 e. The topological polar surface area (TPSA) is 38.9 Å². The van der Waals surface area contributed by atoms with Crippen LogP contribution < -0.4 is 5.73 Å². The highest BCUT2D eigenvalue weighted by Gasteiger charge is 2.33. The predicted octanol–water partition coefficient (Wildman–Crippen LogP) is 2.78. The van der Waals surface area contributed by atoms with Gasteiger partial charge in [0, 0.05) is 23.5 Å². The van der Waals surface area contributed by atoms with Crippen molar-refractivity contribution in [3.63, 3.8) is 0 Å². The van der Waals surface area contributed by atoms with Gasteiger partial charge in [0.1, 0.15) is 0 Å². The number of alkyl halides is 1. The van der Waals surface area contributed by atoms with Gasteiger partial charge in [-0.25, -0.2) is 0 Å². The maximum Gasteiger partial charge on any atom is 0.0380 e. The normalized spacial score (nSPS) is 32.0. The fraction of sp³-hybridized carbons (Fsp3) is 0.545. The van der Waals surface area contributed by atoms with Crippen LogP contribution in [0, 0.1) is 5.92 Å². The van der Waals surface area contributed by atoms with Crippen molar-refractivity contribution < 1.29 is 0 Å². The largest absolute Gasteiger partial charge is 0.398 e. The first-order chi connectivity index (χ1) is 6.70. The van der Waals surface area contributed by atoms with Crippen LogP contribution in [0.2, 0.25) is 0 Å². The second kappa shape index (κ2) is 3.77. The fourth-order valence-electron chi connectivity index (χ4n) is 2.28. The summed E-state index contributed by atoms with van der Waals surface area (Å²) in [5.41, 5.74) is 7.94. The number of anilines is 1. The second-order valence-electron chi connectivity index (χ2n) is 4.06. The molecule has 76 valence electrons. The average Bonchev–Trinajstić information content (AvgIpc) is 2.49. The molecule has 0 saturated heterocycles. The Morgan fingerprint density at radius 3 is 2.86 bits per heavy atom. The van der Waals surface area contributed by atoms with Gasteiger partial charge in [-0.15, -0.1) is 11.6 Å². The second-order valence-corrected chi connectivity index (χ2v) is 4.62. The number of pyridine rings is 1. The molecule has 1 aliphatic rings. The Labute approximate surface area is 89.5 Å². The molecule has 2 rings (SSSR count). The van der Waals surface area contributed by atoms with Gasteiger partial charge in [0.25, 0.3) is 0 Å². The molecule has 1 saturated carbocycles. The van der Waals surface area contributed by atoms with E-state index in [0.717, 1.165) is 18.5 Å². The van der Waals surface area contributed by atoms with E-state index in [1.807, 2.05) is 12.3 Å². The van der Waals surface area contributed by atoms with Gasteiger partial charge in [0.15, 0.2) is 0 Å². The van der Waals surface area contributed by atoms with Gasteiger partial charge in [0.05, 0.1) is 0 Å². The zero-order valence-electron chi connectivity index (χ0n) is 8.28. The van der Waals surface area contributed by atoms with Gasteiger partial charge in [-0.1, -0.05) is 6.92 Å². The highest BCUT2D eigenvalue weighted by atomic mass is 35.5. The molecular weight excluding hydrogens is 196 g/mol. The molecule has 0 bridgehead atoms. The Bertz CT molecular complexity index is 327. The molecule has 0 aliphatic heterocycles. The summed E-state index contributed by atoms with van der Waals surface area (Å²) in [6.45, 7) is 2.20. The number of nitrogens with two attached hydrogens (primary N) is 1. The summed E-state index contributed by atoms with van der Waals surface area (Å²) in [5.74, 6) is 0.995. The lowest BCUT2D eigenvalue weighted by Crippen LogP contribution is -2.11. The van der Waals surface area contributed by atoms with Gasteiger partial charge in [-0.2, -0.15) is 0 Å². The molecule has 3 heteroatoms. The van der Waals surface area contributed by atoms with Crippen LogP contribution in [-0.4, -0.2) is 10.4 Å². The van der Waals surface area contributed by atoms with E-state index < -0.39 is 0 Å². The Kier molecular flexibility index (Phi) is 2.64. The Balaban J connectivity index is 2.28. The minimum atomic E-state index is 0.291. The number of hydrogen-bond donors (Lipinski definition) is 1. The van der Waals surface area contributed by atoms with Crippen LogP contribution in [0.25, 0.3) is 0 Å². The first-order valence-electron chi connectivity index (χ1n) is 5.03. The molecule has 1 aliphatic carbocycles. The average molecular weight is 211 g/mol. The maximum atomic E-state index is 6.20. The van der Waals surface area contributed by atoms with Crippen molar-refractivity contribution in [3.05, 3.63) is 24.0 Å². The summed E-state index contributed by atoms with van der Waals surface area (Å²) in [4.78, 5) is 4.13. The molecular formula is C11H15ClN2. The first-order valence-corrected chi connectivity index (χ1v) is 5.47. The van der Waals surface area contributed by atoms with E-state index in [0.29, 0.717) is 17.2 Å². The summed E-state index contributed by atoms with van der Waals surface area (Å²) in [6, 6.07) is 1.86. The number of aromatic nitrogens is 1. The van der Waals surface area contributed by atoms with Crippen LogP contribution in [0.4, 0.5) is 5.69 Å². The predicted molar refractivity (Wildman–Crippen MR) is 59.4 cm³/mol. The van der Waals surface area contributed by atoms with Crippen molar-refractivity contribution >= 4 is 17.3 Å². The third-order valence-corrected chi connectivity index (χ3v) is 3.86. The summed E-state index contributed by atoms with van der Waals surface area (Å²) < 4.78 is 0. The van der Waals surface area contributed by atoms with Crippen molar-refractivity contribution in [1.82, 2.24) is 4.98 Å². The van der Waals surface area contributed by atoms with Crippen LogP contribution in [0.5, 0.6) is 0 Å². The van der Waals surface area contributed by atoms with Crippen LogP contribution in [-0.2, 0) is 0 Å². The molecule has 0 aromatic carbocycles. The quantitative estimate of drug-likeness (QED) is 0.724. The zero-order chi connectivity index (χ0) is 10.1. The van der Waals surface area contributed by atoms with E-state index in [1.165, 1.54) is 5.56 Å². The van der Waals surface area contributed by atoms with Crippen LogP contribution in [0.1, 0.15) is 31.2 Å². The van der Waals surface area contributed by atoms with Gasteiger partial charge >= 0.3 is 0 Å². The van der Waals surface area contributed by atoms with E-state index >= 15 is 0 Å². The molecule has 0 radical (unpaired) electrons. The third kappa shape index (κ3) is 1.59. The number of nitrogen functional groups attached to an aromatic ring is 1. The zero-order valence-corrected chi connectivity index (χ0v) is 9.04. The van der Waals surface area contributed by atoms with E-state index in [2.05, 4.69) is 11.9 Å². The number of halogens is 1. The van der Waals surface area contributed by atoms with Gasteiger partial charge in [0.2, 0.25) is 0 Å². The molecule has 3 atom stereocenters. The van der Waals surface area contributed by atoms with Crippen LogP contribution in [0.3, 0.4) is 0 Å². The fourth-order valence-corrected chi connectivity index (χ4v) is 2.58. The lowest BCUT2D eigenvalue weighted by molar-refractivity contribution is 0.537. The summed E-state index contributed by atoms with van der Waals surface area (Å²) >= 11 is 6.20. The molecule has 0 amide bonds. The first kappa shape index (κ1) is 9.78. The molecule has 14 heavy (non-hydrogen) atoms. The molecule has 2 nitrogen and oxygen atoms in total. The highest BCUT2D eigenvalue weighted by molar-refractivity contribution is 6.21. The molecule has 2 N–H and O–H groups in total. The number of rotatable bonds is 1. The Morgan fingerprint density at radius 2 is 2.29 bits per heavy atom. The van der Waals surface area contributed by atoms with Gasteiger partial charge in [-0.05, 0) is 36.3 Å². The molecule has 1 aromatic heterocycles. The Morgan fingerprint density at radius 1 is 1.50 bits per heavy atom. The van der Waals surface area contributed by atoms with E-state index in [1.54, 1.807) is 6.20 Å². The van der Waals surface area contributed by atoms with Gasteiger partial charge in [-0.3, -0.25) is 4.98 Å². The molecule has 1 aromatic rings. The third-order valence-electron chi connectivity index (χ3n) is 3.25. The Hall–Kier alpha value is -0.760.